The van der Waals surface area contributed by atoms with Gasteiger partial charge in [0.15, 0.2) is 11.5 Å². The van der Waals surface area contributed by atoms with Crippen molar-refractivity contribution in [3.8, 4) is 11.5 Å². The molecule has 1 amide bonds. The van der Waals surface area contributed by atoms with Gasteiger partial charge in [-0.2, -0.15) is 0 Å². The first-order valence-electron chi connectivity index (χ1n) is 10.2. The second-order valence-electron chi connectivity index (χ2n) is 6.87. The van der Waals surface area contributed by atoms with Crippen molar-refractivity contribution in [3.63, 3.8) is 0 Å². The molecule has 9 nitrogen and oxygen atoms in total. The summed E-state index contributed by atoms with van der Waals surface area (Å²) in [5.41, 5.74) is 0.752. The smallest absolute Gasteiger partial charge is 0.348 e. The molecule has 0 saturated heterocycles. The van der Waals surface area contributed by atoms with Crippen molar-refractivity contribution >= 4 is 23.0 Å². The molecule has 2 aromatic rings. The number of amides is 1. The fourth-order valence-corrected chi connectivity index (χ4v) is 3.20. The number of aliphatic hydroxyl groups is 2. The van der Waals surface area contributed by atoms with Crippen LogP contribution in [0, 0.1) is 0 Å². The van der Waals surface area contributed by atoms with Crippen LogP contribution >= 0.6 is 0 Å². The number of carbonyl (C=O) groups is 2. The molecule has 0 aliphatic carbocycles. The summed E-state index contributed by atoms with van der Waals surface area (Å²) in [7, 11) is 3.03. The van der Waals surface area contributed by atoms with Crippen molar-refractivity contribution in [2.24, 2.45) is 0 Å². The molecule has 0 spiro atoms. The van der Waals surface area contributed by atoms with Crippen LogP contribution in [0.3, 0.4) is 0 Å². The summed E-state index contributed by atoms with van der Waals surface area (Å²) in [6.07, 6.45) is 0. The molecule has 0 radical (unpaired) electrons. The second kappa shape index (κ2) is 11.2. The van der Waals surface area contributed by atoms with Gasteiger partial charge in [0.2, 0.25) is 0 Å². The van der Waals surface area contributed by atoms with E-state index in [0.29, 0.717) is 22.6 Å². The fraction of sp³-hybridized carbons (Fsp3) is 0.250. The van der Waals surface area contributed by atoms with Crippen molar-refractivity contribution in [2.75, 3.05) is 40.6 Å². The van der Waals surface area contributed by atoms with Crippen LogP contribution in [0.25, 0.3) is 11.1 Å². The van der Waals surface area contributed by atoms with E-state index in [1.165, 1.54) is 14.2 Å². The first kappa shape index (κ1) is 23.8. The summed E-state index contributed by atoms with van der Waals surface area (Å²) in [6.45, 7) is 0.346. The minimum absolute atomic E-state index is 0.0193. The number of cyclic esters (lactones) is 1. The molecule has 33 heavy (non-hydrogen) atoms. The third-order valence-corrected chi connectivity index (χ3v) is 4.83. The van der Waals surface area contributed by atoms with Crippen LogP contribution in [0.4, 0.5) is 0 Å². The van der Waals surface area contributed by atoms with Crippen molar-refractivity contribution in [2.45, 2.75) is 0 Å². The highest BCUT2D eigenvalue weighted by Crippen LogP contribution is 2.37. The summed E-state index contributed by atoms with van der Waals surface area (Å²) < 4.78 is 20.8. The Morgan fingerprint density at radius 1 is 0.970 bits per heavy atom. The average molecular weight is 455 g/mol. The SMILES string of the molecule is COc1ccc(C2=C(O)/C(=C(\C(=O)NCCOCCO)c3ccc(OC)cc3)OC2=O)cc1. The van der Waals surface area contributed by atoms with Gasteiger partial charge in [-0.15, -0.1) is 0 Å². The van der Waals surface area contributed by atoms with Crippen molar-refractivity contribution in [1.29, 1.82) is 0 Å². The standard InChI is InChI=1S/C24H25NO8/c1-30-17-7-3-15(4-8-17)19-21(27)22(33-24(19)29)20(16-5-9-18(31-2)10-6-16)23(28)25-11-13-32-14-12-26/h3-10,26-27H,11-14H2,1-2H3,(H,25,28)/b22-20+. The Labute approximate surface area is 190 Å². The summed E-state index contributed by atoms with van der Waals surface area (Å²) in [6, 6.07) is 13.1. The summed E-state index contributed by atoms with van der Waals surface area (Å²) in [5, 5.41) is 22.4. The molecule has 1 heterocycles. The molecule has 0 atom stereocenters. The highest BCUT2D eigenvalue weighted by molar-refractivity contribution is 6.26. The maximum atomic E-state index is 13.1. The van der Waals surface area contributed by atoms with Crippen LogP contribution in [0.15, 0.2) is 60.0 Å². The Balaban J connectivity index is 2.01. The highest BCUT2D eigenvalue weighted by Gasteiger charge is 2.35. The van der Waals surface area contributed by atoms with E-state index in [2.05, 4.69) is 5.32 Å². The molecular formula is C24H25NO8. The Hall–Kier alpha value is -3.82. The number of benzene rings is 2. The number of methoxy groups -OCH3 is 2. The van der Waals surface area contributed by atoms with Crippen LogP contribution in [0.1, 0.15) is 11.1 Å². The number of hydrogen-bond donors (Lipinski definition) is 3. The molecule has 0 bridgehead atoms. The van der Waals surface area contributed by atoms with Crippen LogP contribution in [-0.2, 0) is 19.1 Å². The second-order valence-corrected chi connectivity index (χ2v) is 6.87. The average Bonchev–Trinajstić information content (AvgIpc) is 3.13. The Morgan fingerprint density at radius 3 is 2.15 bits per heavy atom. The lowest BCUT2D eigenvalue weighted by Gasteiger charge is -2.12. The lowest BCUT2D eigenvalue weighted by Crippen LogP contribution is -2.29. The van der Waals surface area contributed by atoms with E-state index >= 15 is 0 Å². The number of rotatable bonds is 10. The van der Waals surface area contributed by atoms with Crippen molar-refractivity contribution in [1.82, 2.24) is 5.32 Å². The zero-order chi connectivity index (χ0) is 23.8. The van der Waals surface area contributed by atoms with Gasteiger partial charge in [0, 0.05) is 6.54 Å². The quantitative estimate of drug-likeness (QED) is 0.283. The van der Waals surface area contributed by atoms with Crippen LogP contribution in [0.2, 0.25) is 0 Å². The van der Waals surface area contributed by atoms with Gasteiger partial charge in [-0.3, -0.25) is 4.79 Å². The molecule has 0 aromatic heterocycles. The van der Waals surface area contributed by atoms with E-state index in [0.717, 1.165) is 0 Å². The maximum absolute atomic E-state index is 13.1. The van der Waals surface area contributed by atoms with Gasteiger partial charge in [0.1, 0.15) is 17.1 Å². The van der Waals surface area contributed by atoms with E-state index in [9.17, 15) is 14.7 Å². The van der Waals surface area contributed by atoms with Gasteiger partial charge in [-0.25, -0.2) is 4.79 Å². The third kappa shape index (κ3) is 5.51. The molecule has 3 rings (SSSR count). The molecule has 1 aliphatic heterocycles. The molecule has 0 saturated carbocycles. The van der Waals surface area contributed by atoms with E-state index in [1.54, 1.807) is 48.5 Å². The van der Waals surface area contributed by atoms with Gasteiger partial charge in [0.05, 0.1) is 39.6 Å². The summed E-state index contributed by atoms with van der Waals surface area (Å²) in [4.78, 5) is 25.7. The zero-order valence-corrected chi connectivity index (χ0v) is 18.3. The normalized spacial score (nSPS) is 14.7. The number of aliphatic hydroxyl groups excluding tert-OH is 2. The number of hydrogen-bond acceptors (Lipinski definition) is 8. The summed E-state index contributed by atoms with van der Waals surface area (Å²) in [5.74, 6) is -0.881. The Bertz CT molecular complexity index is 1050. The lowest BCUT2D eigenvalue weighted by molar-refractivity contribution is -0.131. The van der Waals surface area contributed by atoms with Crippen LogP contribution < -0.4 is 14.8 Å². The first-order valence-corrected chi connectivity index (χ1v) is 10.2. The minimum Gasteiger partial charge on any atom is -0.504 e. The molecule has 9 heteroatoms. The van der Waals surface area contributed by atoms with E-state index in [1.807, 2.05) is 0 Å². The van der Waals surface area contributed by atoms with Crippen molar-refractivity contribution in [3.05, 3.63) is 71.2 Å². The molecule has 0 unspecified atom stereocenters. The predicted octanol–water partition coefficient (Wildman–Crippen LogP) is 2.07. The maximum Gasteiger partial charge on any atom is 0.348 e. The number of nitrogens with one attached hydrogen (secondary N) is 1. The first-order chi connectivity index (χ1) is 16.0. The molecule has 2 aromatic carbocycles. The molecule has 0 fully saturated rings. The highest BCUT2D eigenvalue weighted by atomic mass is 16.6. The van der Waals surface area contributed by atoms with E-state index < -0.39 is 17.6 Å². The van der Waals surface area contributed by atoms with Crippen molar-refractivity contribution < 1.29 is 38.7 Å². The number of ether oxygens (including phenoxy) is 4. The van der Waals surface area contributed by atoms with Gasteiger partial charge in [0.25, 0.3) is 5.91 Å². The van der Waals surface area contributed by atoms with Crippen LogP contribution in [-0.4, -0.2) is 62.7 Å². The topological polar surface area (TPSA) is 124 Å². The van der Waals surface area contributed by atoms with Gasteiger partial charge in [-0.1, -0.05) is 24.3 Å². The molecule has 3 N–H and O–H groups in total. The zero-order valence-electron chi connectivity index (χ0n) is 18.3. The Kier molecular flexibility index (Phi) is 8.06. The molecule has 174 valence electrons. The minimum atomic E-state index is -0.780. The van der Waals surface area contributed by atoms with E-state index in [4.69, 9.17) is 24.1 Å². The third-order valence-electron chi connectivity index (χ3n) is 4.83. The van der Waals surface area contributed by atoms with Gasteiger partial charge >= 0.3 is 5.97 Å². The number of esters is 1. The fourth-order valence-electron chi connectivity index (χ4n) is 3.20. The molecule has 1 aliphatic rings. The van der Waals surface area contributed by atoms with E-state index in [-0.39, 0.29) is 43.3 Å². The monoisotopic (exact) mass is 455 g/mol. The number of carbonyl (C=O) groups excluding carboxylic acids is 2. The van der Waals surface area contributed by atoms with Gasteiger partial charge < -0.3 is 34.5 Å². The van der Waals surface area contributed by atoms with Gasteiger partial charge in [-0.05, 0) is 35.4 Å². The summed E-state index contributed by atoms with van der Waals surface area (Å²) >= 11 is 0. The predicted molar refractivity (Wildman–Crippen MR) is 119 cm³/mol. The lowest BCUT2D eigenvalue weighted by atomic mass is 10.0. The molecular weight excluding hydrogens is 430 g/mol. The largest absolute Gasteiger partial charge is 0.504 e. The van der Waals surface area contributed by atoms with Crippen LogP contribution in [0.5, 0.6) is 11.5 Å². The Morgan fingerprint density at radius 2 is 1.58 bits per heavy atom.